The number of amidine groups is 1. The highest BCUT2D eigenvalue weighted by atomic mass is 127. The molecule has 150 valence electrons. The second-order valence-corrected chi connectivity index (χ2v) is 8.39. The number of thioether (sulfide) groups is 1. The van der Waals surface area contributed by atoms with Crippen LogP contribution in [0.15, 0.2) is 46.3 Å². The van der Waals surface area contributed by atoms with Gasteiger partial charge in [-0.3, -0.25) is 9.59 Å². The van der Waals surface area contributed by atoms with Gasteiger partial charge in [0.1, 0.15) is 0 Å². The Balaban J connectivity index is 1.84. The molecular weight excluding hydrogens is 527 g/mol. The van der Waals surface area contributed by atoms with Crippen LogP contribution in [0.5, 0.6) is 11.5 Å². The molecule has 0 bridgehead atoms. The topological polar surface area (TPSA) is 77.0 Å². The third kappa shape index (κ3) is 5.31. The zero-order valence-electron chi connectivity index (χ0n) is 15.5. The lowest BCUT2D eigenvalue weighted by molar-refractivity contribution is -0.115. The molecule has 3 rings (SSSR count). The molecule has 2 amide bonds. The van der Waals surface area contributed by atoms with Crippen LogP contribution in [-0.2, 0) is 4.79 Å². The van der Waals surface area contributed by atoms with Crippen molar-refractivity contribution < 1.29 is 19.1 Å². The van der Waals surface area contributed by atoms with Crippen molar-refractivity contribution in [2.45, 2.75) is 6.92 Å². The van der Waals surface area contributed by atoms with Crippen molar-refractivity contribution in [3.63, 3.8) is 0 Å². The first-order chi connectivity index (χ1) is 13.9. The number of hydrogen-bond acceptors (Lipinski definition) is 5. The first-order valence-corrected chi connectivity index (χ1v) is 10.8. The van der Waals surface area contributed by atoms with E-state index >= 15 is 0 Å². The summed E-state index contributed by atoms with van der Waals surface area (Å²) in [5, 5.41) is 3.38. The minimum absolute atomic E-state index is 0.231. The van der Waals surface area contributed by atoms with Crippen LogP contribution in [0.2, 0.25) is 5.02 Å². The molecule has 0 atom stereocenters. The number of rotatable bonds is 5. The summed E-state index contributed by atoms with van der Waals surface area (Å²) < 4.78 is 11.9. The first kappa shape index (κ1) is 21.7. The number of nitrogens with zero attached hydrogens (tertiary/aromatic N) is 1. The minimum atomic E-state index is -0.455. The molecule has 0 saturated carbocycles. The van der Waals surface area contributed by atoms with Crippen molar-refractivity contribution in [2.24, 2.45) is 4.99 Å². The van der Waals surface area contributed by atoms with Gasteiger partial charge in [0.25, 0.3) is 11.8 Å². The van der Waals surface area contributed by atoms with E-state index in [9.17, 15) is 9.59 Å². The van der Waals surface area contributed by atoms with Crippen LogP contribution in [0, 0.1) is 3.57 Å². The van der Waals surface area contributed by atoms with Gasteiger partial charge in [-0.15, -0.1) is 0 Å². The van der Waals surface area contributed by atoms with Gasteiger partial charge in [-0.1, -0.05) is 11.6 Å². The summed E-state index contributed by atoms with van der Waals surface area (Å²) in [6, 6.07) is 10.1. The fourth-order valence-corrected chi connectivity index (χ4v) is 4.30. The highest BCUT2D eigenvalue weighted by Crippen LogP contribution is 2.35. The van der Waals surface area contributed by atoms with Gasteiger partial charge in [-0.25, -0.2) is 0 Å². The monoisotopic (exact) mass is 542 g/mol. The summed E-state index contributed by atoms with van der Waals surface area (Å²) >= 11 is 9.09. The number of halogens is 2. The third-order valence-electron chi connectivity index (χ3n) is 3.78. The maximum absolute atomic E-state index is 12.3. The number of hydrogen-bond donors (Lipinski definition) is 1. The molecule has 29 heavy (non-hydrogen) atoms. The van der Waals surface area contributed by atoms with Gasteiger partial charge in [-0.2, -0.15) is 4.99 Å². The van der Waals surface area contributed by atoms with Crippen molar-refractivity contribution in [3.05, 3.63) is 61.0 Å². The number of methoxy groups -OCH3 is 1. The number of amides is 2. The van der Waals surface area contributed by atoms with Crippen molar-refractivity contribution in [3.8, 4) is 11.5 Å². The van der Waals surface area contributed by atoms with Gasteiger partial charge in [0.15, 0.2) is 16.7 Å². The van der Waals surface area contributed by atoms with E-state index in [0.717, 1.165) is 20.9 Å². The van der Waals surface area contributed by atoms with Crippen LogP contribution < -0.4 is 14.8 Å². The molecule has 1 fully saturated rings. The van der Waals surface area contributed by atoms with Crippen molar-refractivity contribution in [1.29, 1.82) is 0 Å². The normalized spacial score (nSPS) is 16.2. The van der Waals surface area contributed by atoms with Crippen molar-refractivity contribution in [1.82, 2.24) is 5.32 Å². The largest absolute Gasteiger partial charge is 0.492 e. The molecule has 1 saturated heterocycles. The average Bonchev–Trinajstić information content (AvgIpc) is 3.01. The summed E-state index contributed by atoms with van der Waals surface area (Å²) in [5.41, 5.74) is 1.17. The molecule has 1 aliphatic rings. The summed E-state index contributed by atoms with van der Waals surface area (Å²) in [6.07, 6.45) is 1.72. The van der Waals surface area contributed by atoms with Gasteiger partial charge in [-0.05, 0) is 89.3 Å². The summed E-state index contributed by atoms with van der Waals surface area (Å²) in [6.45, 7) is 2.38. The Morgan fingerprint density at radius 1 is 1.31 bits per heavy atom. The summed E-state index contributed by atoms with van der Waals surface area (Å²) in [4.78, 5) is 29.0. The molecule has 9 heteroatoms. The average molecular weight is 543 g/mol. The second kappa shape index (κ2) is 9.64. The standard InChI is InChI=1S/C20H16ClIN2O4S/c1-3-28-15-9-11(8-14(22)17(15)27-2)10-16-19(26)24-20(29-16)23-18(25)12-4-6-13(21)7-5-12/h4-10H,3H2,1-2H3,(H,23,24,25,26)/b16-10-. The van der Waals surface area contributed by atoms with Crippen LogP contribution >= 0.6 is 46.0 Å². The fraction of sp³-hybridized carbons (Fsp3) is 0.150. The lowest BCUT2D eigenvalue weighted by atomic mass is 10.2. The molecule has 0 radical (unpaired) electrons. The smallest absolute Gasteiger partial charge is 0.279 e. The van der Waals surface area contributed by atoms with Gasteiger partial charge in [0, 0.05) is 10.6 Å². The zero-order valence-corrected chi connectivity index (χ0v) is 19.2. The Hall–Kier alpha value is -2.04. The first-order valence-electron chi connectivity index (χ1n) is 8.51. The van der Waals surface area contributed by atoms with Gasteiger partial charge in [0.2, 0.25) is 0 Å². The highest BCUT2D eigenvalue weighted by molar-refractivity contribution is 14.1. The predicted molar refractivity (Wildman–Crippen MR) is 124 cm³/mol. The Labute approximate surface area is 190 Å². The van der Waals surface area contributed by atoms with Crippen LogP contribution in [0.3, 0.4) is 0 Å². The Bertz CT molecular complexity index is 1020. The Morgan fingerprint density at radius 3 is 2.69 bits per heavy atom. The van der Waals surface area contributed by atoms with E-state index < -0.39 is 5.91 Å². The van der Waals surface area contributed by atoms with Crippen LogP contribution in [0.25, 0.3) is 6.08 Å². The molecule has 1 aliphatic heterocycles. The SMILES string of the molecule is CCOc1cc(/C=C2\SC(=NC(=O)c3ccc(Cl)cc3)NC2=O)cc(I)c1OC. The van der Waals surface area contributed by atoms with E-state index in [1.54, 1.807) is 43.5 Å². The fourth-order valence-electron chi connectivity index (χ4n) is 2.51. The zero-order chi connectivity index (χ0) is 21.0. The number of carbonyl (C=O) groups is 2. The van der Waals surface area contributed by atoms with Crippen LogP contribution in [-0.4, -0.2) is 30.7 Å². The lowest BCUT2D eigenvalue weighted by Crippen LogP contribution is -2.20. The number of aliphatic imine (C=N–C) groups is 1. The molecule has 2 aromatic rings. The summed E-state index contributed by atoms with van der Waals surface area (Å²) in [5.74, 6) is 0.475. The van der Waals surface area contributed by atoms with Crippen LogP contribution in [0.4, 0.5) is 0 Å². The van der Waals surface area contributed by atoms with E-state index in [1.807, 2.05) is 13.0 Å². The molecule has 0 aromatic heterocycles. The van der Waals surface area contributed by atoms with Gasteiger partial charge in [0.05, 0.1) is 22.2 Å². The number of ether oxygens (including phenoxy) is 2. The molecule has 1 heterocycles. The van der Waals surface area contributed by atoms with E-state index in [0.29, 0.717) is 33.6 Å². The molecule has 0 aliphatic carbocycles. The maximum Gasteiger partial charge on any atom is 0.279 e. The molecule has 0 unspecified atom stereocenters. The third-order valence-corrected chi connectivity index (χ3v) is 5.74. The Kier molecular flexibility index (Phi) is 7.20. The van der Waals surface area contributed by atoms with E-state index in [2.05, 4.69) is 32.9 Å². The number of carbonyl (C=O) groups excluding carboxylic acids is 2. The number of benzene rings is 2. The van der Waals surface area contributed by atoms with E-state index in [1.165, 1.54) is 0 Å². The molecular formula is C20H16ClIN2O4S. The highest BCUT2D eigenvalue weighted by Gasteiger charge is 2.25. The lowest BCUT2D eigenvalue weighted by Gasteiger charge is -2.12. The minimum Gasteiger partial charge on any atom is -0.492 e. The van der Waals surface area contributed by atoms with Gasteiger partial charge >= 0.3 is 0 Å². The van der Waals surface area contributed by atoms with Crippen molar-refractivity contribution >= 4 is 69.0 Å². The van der Waals surface area contributed by atoms with Gasteiger partial charge < -0.3 is 14.8 Å². The summed E-state index contributed by atoms with van der Waals surface area (Å²) in [7, 11) is 1.58. The maximum atomic E-state index is 12.3. The van der Waals surface area contributed by atoms with E-state index in [4.69, 9.17) is 21.1 Å². The quantitative estimate of drug-likeness (QED) is 0.436. The molecule has 2 aromatic carbocycles. The molecule has 0 spiro atoms. The number of nitrogens with one attached hydrogen (secondary N) is 1. The van der Waals surface area contributed by atoms with Crippen LogP contribution in [0.1, 0.15) is 22.8 Å². The second-order valence-electron chi connectivity index (χ2n) is 5.76. The Morgan fingerprint density at radius 2 is 2.03 bits per heavy atom. The predicted octanol–water partition coefficient (Wildman–Crippen LogP) is 4.75. The molecule has 1 N–H and O–H groups in total. The molecule has 6 nitrogen and oxygen atoms in total. The van der Waals surface area contributed by atoms with E-state index in [-0.39, 0.29) is 11.1 Å². The van der Waals surface area contributed by atoms with Crippen molar-refractivity contribution in [2.75, 3.05) is 13.7 Å².